The summed E-state index contributed by atoms with van der Waals surface area (Å²) in [6.07, 6.45) is 0. The fourth-order valence-corrected chi connectivity index (χ4v) is 2.74. The highest BCUT2D eigenvalue weighted by Gasteiger charge is 2.07. The Morgan fingerprint density at radius 2 is 2.27 bits per heavy atom. The van der Waals surface area contributed by atoms with E-state index < -0.39 is 0 Å². The van der Waals surface area contributed by atoms with Crippen LogP contribution in [0.2, 0.25) is 5.02 Å². The average molecular weight is 343 g/mol. The molecule has 0 aliphatic heterocycles. The molecule has 7 heteroatoms. The standard InChI is InChI=1S/C15H19ClN2O3S/c1-20-5-4-17-7-11-6-12(16)2-3-14(11)21-9-15-18-13(8-19)10-22-15/h2-3,6,10,17,19H,4-5,7-9H2,1H3. The van der Waals surface area contributed by atoms with Crippen LogP contribution in [0, 0.1) is 0 Å². The lowest BCUT2D eigenvalue weighted by Crippen LogP contribution is -2.19. The third-order valence-electron chi connectivity index (χ3n) is 2.93. The molecule has 0 saturated carbocycles. The molecule has 2 aromatic rings. The molecule has 0 aliphatic rings. The van der Waals surface area contributed by atoms with E-state index in [9.17, 15) is 0 Å². The third kappa shape index (κ3) is 5.23. The Labute approximate surface area is 138 Å². The van der Waals surface area contributed by atoms with Gasteiger partial charge in [0.1, 0.15) is 17.4 Å². The summed E-state index contributed by atoms with van der Waals surface area (Å²) < 4.78 is 10.8. The molecule has 0 bridgehead atoms. The number of methoxy groups -OCH3 is 1. The van der Waals surface area contributed by atoms with Gasteiger partial charge in [-0.2, -0.15) is 0 Å². The van der Waals surface area contributed by atoms with Gasteiger partial charge in [-0.25, -0.2) is 4.98 Å². The lowest BCUT2D eigenvalue weighted by atomic mass is 10.2. The Morgan fingerprint density at radius 1 is 1.41 bits per heavy atom. The van der Waals surface area contributed by atoms with E-state index in [1.807, 2.05) is 17.5 Å². The topological polar surface area (TPSA) is 63.6 Å². The molecule has 0 atom stereocenters. The van der Waals surface area contributed by atoms with Crippen LogP contribution in [0.3, 0.4) is 0 Å². The second kappa shape index (κ2) is 9.07. The Morgan fingerprint density at radius 3 is 3.00 bits per heavy atom. The van der Waals surface area contributed by atoms with Gasteiger partial charge in [-0.15, -0.1) is 11.3 Å². The van der Waals surface area contributed by atoms with Gasteiger partial charge >= 0.3 is 0 Å². The Bertz CT molecular complexity index is 592. The van der Waals surface area contributed by atoms with Crippen molar-refractivity contribution in [3.63, 3.8) is 0 Å². The third-order valence-corrected chi connectivity index (χ3v) is 4.04. The number of hydrogen-bond donors (Lipinski definition) is 2. The lowest BCUT2D eigenvalue weighted by molar-refractivity contribution is 0.199. The summed E-state index contributed by atoms with van der Waals surface area (Å²) in [5, 5.41) is 15.6. The number of ether oxygens (including phenoxy) is 2. The minimum Gasteiger partial charge on any atom is -0.486 e. The zero-order chi connectivity index (χ0) is 15.8. The second-order valence-electron chi connectivity index (χ2n) is 4.60. The smallest absolute Gasteiger partial charge is 0.140 e. The van der Waals surface area contributed by atoms with E-state index in [-0.39, 0.29) is 6.61 Å². The number of rotatable bonds is 9. The predicted molar refractivity (Wildman–Crippen MR) is 87.4 cm³/mol. The highest BCUT2D eigenvalue weighted by Crippen LogP contribution is 2.24. The van der Waals surface area contributed by atoms with E-state index in [2.05, 4.69) is 10.3 Å². The molecule has 0 aliphatic carbocycles. The molecule has 0 radical (unpaired) electrons. The van der Waals surface area contributed by atoms with Crippen LogP contribution in [0.4, 0.5) is 0 Å². The molecule has 0 fully saturated rings. The molecule has 0 amide bonds. The van der Waals surface area contributed by atoms with Gasteiger partial charge in [0, 0.05) is 36.2 Å². The highest BCUT2D eigenvalue weighted by molar-refractivity contribution is 7.09. The van der Waals surface area contributed by atoms with Crippen LogP contribution < -0.4 is 10.1 Å². The predicted octanol–water partition coefficient (Wildman–Crippen LogP) is 2.60. The quantitative estimate of drug-likeness (QED) is 0.686. The zero-order valence-electron chi connectivity index (χ0n) is 12.3. The van der Waals surface area contributed by atoms with Crippen molar-refractivity contribution in [2.24, 2.45) is 0 Å². The van der Waals surface area contributed by atoms with Crippen LogP contribution in [0.5, 0.6) is 5.75 Å². The van der Waals surface area contributed by atoms with Crippen LogP contribution in [0.25, 0.3) is 0 Å². The van der Waals surface area contributed by atoms with Crippen molar-refractivity contribution < 1.29 is 14.6 Å². The first-order chi connectivity index (χ1) is 10.7. The number of hydrogen-bond acceptors (Lipinski definition) is 6. The molecule has 1 aromatic carbocycles. The maximum absolute atomic E-state index is 9.02. The van der Waals surface area contributed by atoms with Gasteiger partial charge in [-0.1, -0.05) is 11.6 Å². The summed E-state index contributed by atoms with van der Waals surface area (Å²) >= 11 is 7.52. The van der Waals surface area contributed by atoms with Crippen LogP contribution in [0.15, 0.2) is 23.6 Å². The van der Waals surface area contributed by atoms with Crippen LogP contribution in [-0.4, -0.2) is 30.4 Å². The number of thiazole rings is 1. The van der Waals surface area contributed by atoms with E-state index in [4.69, 9.17) is 26.2 Å². The molecule has 1 aromatic heterocycles. The molecule has 120 valence electrons. The first-order valence-corrected chi connectivity index (χ1v) is 8.13. The van der Waals surface area contributed by atoms with Crippen molar-refractivity contribution in [1.29, 1.82) is 0 Å². The van der Waals surface area contributed by atoms with Crippen LogP contribution in [-0.2, 0) is 24.5 Å². The maximum atomic E-state index is 9.02. The average Bonchev–Trinajstić information content (AvgIpc) is 2.99. The number of aliphatic hydroxyl groups is 1. The minimum absolute atomic E-state index is 0.0495. The largest absolute Gasteiger partial charge is 0.486 e. The molecule has 2 N–H and O–H groups in total. The van der Waals surface area contributed by atoms with Crippen molar-refractivity contribution in [1.82, 2.24) is 10.3 Å². The number of nitrogens with zero attached hydrogens (tertiary/aromatic N) is 1. The second-order valence-corrected chi connectivity index (χ2v) is 5.98. The maximum Gasteiger partial charge on any atom is 0.140 e. The van der Waals surface area contributed by atoms with Gasteiger partial charge in [-0.3, -0.25) is 0 Å². The van der Waals surface area contributed by atoms with Crippen LogP contribution >= 0.6 is 22.9 Å². The fourth-order valence-electron chi connectivity index (χ4n) is 1.85. The van der Waals surface area contributed by atoms with E-state index in [0.717, 1.165) is 22.9 Å². The number of benzene rings is 1. The lowest BCUT2D eigenvalue weighted by Gasteiger charge is -2.12. The molecular weight excluding hydrogens is 324 g/mol. The minimum atomic E-state index is -0.0495. The first kappa shape index (κ1) is 17.2. The summed E-state index contributed by atoms with van der Waals surface area (Å²) in [6, 6.07) is 5.55. The van der Waals surface area contributed by atoms with E-state index in [1.165, 1.54) is 11.3 Å². The Hall–Kier alpha value is -1.18. The number of aliphatic hydroxyl groups excluding tert-OH is 1. The van der Waals surface area contributed by atoms with E-state index in [1.54, 1.807) is 13.2 Å². The van der Waals surface area contributed by atoms with Gasteiger partial charge in [-0.05, 0) is 18.2 Å². The van der Waals surface area contributed by atoms with E-state index >= 15 is 0 Å². The molecule has 5 nitrogen and oxygen atoms in total. The SMILES string of the molecule is COCCNCc1cc(Cl)ccc1OCc1nc(CO)cs1. The van der Waals surface area contributed by atoms with Gasteiger partial charge in [0.05, 0.1) is 18.9 Å². The van der Waals surface area contributed by atoms with Gasteiger partial charge in [0.2, 0.25) is 0 Å². The summed E-state index contributed by atoms with van der Waals surface area (Å²) in [4.78, 5) is 4.26. The molecule has 22 heavy (non-hydrogen) atoms. The summed E-state index contributed by atoms with van der Waals surface area (Å²) in [5.74, 6) is 0.773. The Kier molecular flexibility index (Phi) is 7.08. The monoisotopic (exact) mass is 342 g/mol. The van der Waals surface area contributed by atoms with E-state index in [0.29, 0.717) is 30.5 Å². The number of nitrogens with one attached hydrogen (secondary N) is 1. The fraction of sp³-hybridized carbons (Fsp3) is 0.400. The number of halogens is 1. The molecule has 0 unspecified atom stereocenters. The van der Waals surface area contributed by atoms with Gasteiger partial charge < -0.3 is 19.9 Å². The van der Waals surface area contributed by atoms with Gasteiger partial charge in [0.15, 0.2) is 0 Å². The molecule has 2 rings (SSSR count). The molecular formula is C15H19ClN2O3S. The normalized spacial score (nSPS) is 10.9. The van der Waals surface area contributed by atoms with Crippen molar-refractivity contribution in [3.05, 3.63) is 44.9 Å². The van der Waals surface area contributed by atoms with Crippen molar-refractivity contribution in [3.8, 4) is 5.75 Å². The van der Waals surface area contributed by atoms with Crippen molar-refractivity contribution in [2.75, 3.05) is 20.3 Å². The summed E-state index contributed by atoms with van der Waals surface area (Å²) in [7, 11) is 1.67. The zero-order valence-corrected chi connectivity index (χ0v) is 13.9. The van der Waals surface area contributed by atoms with Crippen molar-refractivity contribution >= 4 is 22.9 Å². The van der Waals surface area contributed by atoms with Crippen molar-refractivity contribution in [2.45, 2.75) is 19.8 Å². The molecule has 0 saturated heterocycles. The summed E-state index contributed by atoms with van der Waals surface area (Å²) in [6.45, 7) is 2.39. The number of aromatic nitrogens is 1. The highest BCUT2D eigenvalue weighted by atomic mass is 35.5. The van der Waals surface area contributed by atoms with Gasteiger partial charge in [0.25, 0.3) is 0 Å². The molecule has 1 heterocycles. The first-order valence-electron chi connectivity index (χ1n) is 6.88. The Balaban J connectivity index is 1.96. The van der Waals surface area contributed by atoms with Crippen LogP contribution in [0.1, 0.15) is 16.3 Å². The molecule has 0 spiro atoms. The summed E-state index contributed by atoms with van der Waals surface area (Å²) in [5.41, 5.74) is 1.66.